The molecule has 0 spiro atoms. The van der Waals surface area contributed by atoms with E-state index >= 15 is 0 Å². The zero-order valence-corrected chi connectivity index (χ0v) is 27.3. The number of hydrogen-bond donors (Lipinski definition) is 0. The fourth-order valence-corrected chi connectivity index (χ4v) is 8.12. The van der Waals surface area contributed by atoms with Crippen molar-refractivity contribution < 1.29 is 0 Å². The second-order valence-corrected chi connectivity index (χ2v) is 13.5. The summed E-state index contributed by atoms with van der Waals surface area (Å²) in [5.74, 6) is 0. The quantitative estimate of drug-likeness (QED) is 0.194. The van der Waals surface area contributed by atoms with Gasteiger partial charge in [-0.3, -0.25) is 0 Å². The fraction of sp³-hybridized carbons (Fsp3) is 0.111. The predicted molar refractivity (Wildman–Crippen MR) is 200 cm³/mol. The number of para-hydroxylation sites is 3. The highest BCUT2D eigenvalue weighted by atomic mass is 15.1. The van der Waals surface area contributed by atoms with E-state index in [0.717, 1.165) is 5.69 Å². The maximum atomic E-state index is 2.48. The molecule has 226 valence electrons. The second kappa shape index (κ2) is 10.2. The molecule has 1 aromatic heterocycles. The molecule has 1 heterocycles. The Hall–Kier alpha value is -5.60. The van der Waals surface area contributed by atoms with Crippen molar-refractivity contribution in [2.45, 2.75) is 33.1 Å². The summed E-state index contributed by atoms with van der Waals surface area (Å²) in [6.45, 7) is 9.18. The van der Waals surface area contributed by atoms with Gasteiger partial charge in [-0.15, -0.1) is 0 Å². The highest BCUT2D eigenvalue weighted by Crippen LogP contribution is 2.54. The minimum absolute atomic E-state index is 0.205. The van der Waals surface area contributed by atoms with E-state index in [1.807, 2.05) is 0 Å². The zero-order chi connectivity index (χ0) is 31.9. The van der Waals surface area contributed by atoms with Gasteiger partial charge in [-0.05, 0) is 95.6 Å². The van der Waals surface area contributed by atoms with Crippen LogP contribution in [0.1, 0.15) is 36.1 Å². The van der Waals surface area contributed by atoms with Gasteiger partial charge < -0.3 is 9.47 Å². The van der Waals surface area contributed by atoms with Gasteiger partial charge in [0.2, 0.25) is 0 Å². The molecule has 8 aromatic rings. The van der Waals surface area contributed by atoms with Crippen LogP contribution in [0.5, 0.6) is 0 Å². The fourth-order valence-electron chi connectivity index (χ4n) is 8.12. The number of nitrogens with zero attached hydrogens (tertiary/aromatic N) is 2. The number of fused-ring (bicyclic) bond motifs is 8. The van der Waals surface area contributed by atoms with Gasteiger partial charge in [0, 0.05) is 38.6 Å². The summed E-state index contributed by atoms with van der Waals surface area (Å²) in [4.78, 5) is 2.41. The number of rotatable bonds is 4. The van der Waals surface area contributed by atoms with Gasteiger partial charge >= 0.3 is 0 Å². The van der Waals surface area contributed by atoms with Crippen LogP contribution in [-0.4, -0.2) is 4.57 Å². The highest BCUT2D eigenvalue weighted by Gasteiger charge is 2.38. The van der Waals surface area contributed by atoms with Crippen LogP contribution in [0.15, 0.2) is 146 Å². The molecule has 0 atom stereocenters. The van der Waals surface area contributed by atoms with E-state index in [1.165, 1.54) is 83.0 Å². The van der Waals surface area contributed by atoms with E-state index in [-0.39, 0.29) is 5.41 Å². The van der Waals surface area contributed by atoms with Crippen LogP contribution < -0.4 is 4.90 Å². The summed E-state index contributed by atoms with van der Waals surface area (Å²) in [6.07, 6.45) is 0. The minimum Gasteiger partial charge on any atom is -0.310 e. The number of aryl methyl sites for hydroxylation is 2. The Morgan fingerprint density at radius 1 is 0.511 bits per heavy atom. The van der Waals surface area contributed by atoms with Gasteiger partial charge in [0.15, 0.2) is 0 Å². The van der Waals surface area contributed by atoms with Crippen molar-refractivity contribution in [2.75, 3.05) is 4.90 Å². The maximum absolute atomic E-state index is 2.48. The van der Waals surface area contributed by atoms with Crippen LogP contribution in [0, 0.1) is 13.8 Å². The van der Waals surface area contributed by atoms with Crippen molar-refractivity contribution in [2.24, 2.45) is 0 Å². The average Bonchev–Trinajstić information content (AvgIpc) is 3.54. The number of anilines is 3. The lowest BCUT2D eigenvalue weighted by Gasteiger charge is -2.29. The molecule has 0 N–H and O–H groups in total. The Bertz CT molecular complexity index is 2460. The average molecular weight is 605 g/mol. The number of benzene rings is 7. The monoisotopic (exact) mass is 604 g/mol. The lowest BCUT2D eigenvalue weighted by molar-refractivity contribution is 0.660. The van der Waals surface area contributed by atoms with Crippen molar-refractivity contribution in [1.29, 1.82) is 0 Å². The zero-order valence-electron chi connectivity index (χ0n) is 27.3. The van der Waals surface area contributed by atoms with Crippen LogP contribution in [0.2, 0.25) is 0 Å². The first-order valence-corrected chi connectivity index (χ1v) is 16.5. The molecule has 0 saturated heterocycles. The van der Waals surface area contributed by atoms with Crippen LogP contribution in [-0.2, 0) is 5.41 Å². The van der Waals surface area contributed by atoms with Gasteiger partial charge in [0.25, 0.3) is 0 Å². The number of aromatic nitrogens is 1. The molecule has 0 saturated carbocycles. The molecule has 9 rings (SSSR count). The third kappa shape index (κ3) is 4.04. The van der Waals surface area contributed by atoms with E-state index < -0.39 is 0 Å². The third-order valence-electron chi connectivity index (χ3n) is 10.3. The lowest BCUT2D eigenvalue weighted by Crippen LogP contribution is -2.17. The van der Waals surface area contributed by atoms with Crippen molar-refractivity contribution in [3.8, 4) is 16.8 Å². The summed E-state index contributed by atoms with van der Waals surface area (Å²) in [6, 6.07) is 53.7. The molecule has 0 bridgehead atoms. The van der Waals surface area contributed by atoms with Crippen LogP contribution in [0.4, 0.5) is 17.1 Å². The largest absolute Gasteiger partial charge is 0.310 e. The topological polar surface area (TPSA) is 8.17 Å². The van der Waals surface area contributed by atoms with Gasteiger partial charge in [-0.25, -0.2) is 0 Å². The third-order valence-corrected chi connectivity index (χ3v) is 10.3. The van der Waals surface area contributed by atoms with Crippen molar-refractivity contribution in [3.63, 3.8) is 0 Å². The standard InChI is InChI=1S/C45H36N2/c1-29-22-25-40(30(2)26-29)46(31-14-6-5-7-15-31)32-23-24-37-38(27-32)45(3,4)39-28-43(35-18-8-9-19-36(35)44(37)39)47-41-20-12-10-16-33(41)34-17-11-13-21-42(34)47/h5-28H,1-4H3. The highest BCUT2D eigenvalue weighted by molar-refractivity contribution is 6.12. The Morgan fingerprint density at radius 3 is 1.81 bits per heavy atom. The molecule has 7 aromatic carbocycles. The molecule has 1 aliphatic rings. The van der Waals surface area contributed by atoms with Crippen LogP contribution in [0.25, 0.3) is 49.4 Å². The molecule has 0 unspecified atom stereocenters. The molecule has 47 heavy (non-hydrogen) atoms. The predicted octanol–water partition coefficient (Wildman–Crippen LogP) is 12.3. The Kier molecular flexibility index (Phi) is 6.01. The van der Waals surface area contributed by atoms with Crippen molar-refractivity contribution in [1.82, 2.24) is 4.57 Å². The Labute approximate surface area is 276 Å². The van der Waals surface area contributed by atoms with Crippen molar-refractivity contribution in [3.05, 3.63) is 168 Å². The van der Waals surface area contributed by atoms with E-state index in [9.17, 15) is 0 Å². The molecule has 2 nitrogen and oxygen atoms in total. The molecule has 0 radical (unpaired) electrons. The van der Waals surface area contributed by atoms with E-state index in [2.05, 4.69) is 183 Å². The molecule has 0 amide bonds. The molecule has 1 aliphatic carbocycles. The van der Waals surface area contributed by atoms with Gasteiger partial charge in [-0.1, -0.05) is 116 Å². The van der Waals surface area contributed by atoms with E-state index in [0.29, 0.717) is 0 Å². The van der Waals surface area contributed by atoms with Gasteiger partial charge in [0.05, 0.1) is 16.7 Å². The summed E-state index contributed by atoms with van der Waals surface area (Å²) >= 11 is 0. The molecular formula is C45H36N2. The minimum atomic E-state index is -0.205. The molecular weight excluding hydrogens is 569 g/mol. The summed E-state index contributed by atoms with van der Waals surface area (Å²) in [5, 5.41) is 5.14. The smallest absolute Gasteiger partial charge is 0.0544 e. The first-order valence-electron chi connectivity index (χ1n) is 16.5. The molecule has 0 fully saturated rings. The Balaban J connectivity index is 1.29. The first-order chi connectivity index (χ1) is 22.9. The maximum Gasteiger partial charge on any atom is 0.0544 e. The second-order valence-electron chi connectivity index (χ2n) is 13.5. The Morgan fingerprint density at radius 2 is 1.13 bits per heavy atom. The van der Waals surface area contributed by atoms with E-state index in [1.54, 1.807) is 0 Å². The summed E-state index contributed by atoms with van der Waals surface area (Å²) in [5.41, 5.74) is 15.0. The number of hydrogen-bond acceptors (Lipinski definition) is 1. The molecule has 0 aliphatic heterocycles. The summed E-state index contributed by atoms with van der Waals surface area (Å²) in [7, 11) is 0. The SMILES string of the molecule is Cc1ccc(N(c2ccccc2)c2ccc3c(c2)C(C)(C)c2cc(-n4c5ccccc5c5ccccc54)c4ccccc4c2-3)c(C)c1. The van der Waals surface area contributed by atoms with Gasteiger partial charge in [0.1, 0.15) is 0 Å². The normalized spacial score (nSPS) is 13.3. The summed E-state index contributed by atoms with van der Waals surface area (Å²) < 4.78 is 2.48. The first kappa shape index (κ1) is 27.7. The molecule has 2 heteroatoms. The van der Waals surface area contributed by atoms with Crippen LogP contribution in [0.3, 0.4) is 0 Å². The van der Waals surface area contributed by atoms with E-state index in [4.69, 9.17) is 0 Å². The van der Waals surface area contributed by atoms with Crippen molar-refractivity contribution >= 4 is 49.6 Å². The van der Waals surface area contributed by atoms with Gasteiger partial charge in [-0.2, -0.15) is 0 Å². The lowest BCUT2D eigenvalue weighted by atomic mass is 9.81. The van der Waals surface area contributed by atoms with Crippen LogP contribution >= 0.6 is 0 Å².